The Morgan fingerprint density at radius 2 is 1.69 bits per heavy atom. The molecule has 0 radical (unpaired) electrons. The maximum absolute atomic E-state index is 13.3. The van der Waals surface area contributed by atoms with Crippen molar-refractivity contribution < 1.29 is 9.59 Å². The van der Waals surface area contributed by atoms with E-state index in [1.165, 1.54) is 0 Å². The van der Waals surface area contributed by atoms with Gasteiger partial charge in [0.05, 0.1) is 11.0 Å². The number of carbonyl (C=O) groups excluding carboxylic acids is 2. The van der Waals surface area contributed by atoms with Crippen molar-refractivity contribution in [3.05, 3.63) is 106 Å². The monoisotopic (exact) mass is 480 g/mol. The largest absolute Gasteiger partial charge is 0.349 e. The van der Waals surface area contributed by atoms with Crippen molar-refractivity contribution in [3.63, 3.8) is 0 Å². The third-order valence-electron chi connectivity index (χ3n) is 6.30. The zero-order valence-electron chi connectivity index (χ0n) is 19.9. The molecule has 4 aromatic rings. The van der Waals surface area contributed by atoms with E-state index in [0.717, 1.165) is 35.9 Å². The number of aryl methyl sites for hydroxylation is 3. The molecule has 3 aromatic carbocycles. The second-order valence-corrected chi connectivity index (χ2v) is 9.12. The Balaban J connectivity index is 1.28. The molecule has 0 saturated heterocycles. The van der Waals surface area contributed by atoms with E-state index in [1.807, 2.05) is 54.6 Å². The molecule has 7 heteroatoms. The van der Waals surface area contributed by atoms with E-state index < -0.39 is 0 Å². The van der Waals surface area contributed by atoms with Gasteiger partial charge in [-0.15, -0.1) is 0 Å². The fourth-order valence-corrected chi connectivity index (χ4v) is 4.21. The summed E-state index contributed by atoms with van der Waals surface area (Å²) >= 11 is 0. The number of para-hydroxylation sites is 2. The third kappa shape index (κ3) is 5.68. The minimum absolute atomic E-state index is 0.109. The Morgan fingerprint density at radius 1 is 0.917 bits per heavy atom. The summed E-state index contributed by atoms with van der Waals surface area (Å²) in [4.78, 5) is 42.9. The Bertz CT molecular complexity index is 1460. The molecule has 36 heavy (non-hydrogen) atoms. The molecule has 2 N–H and O–H groups in total. The van der Waals surface area contributed by atoms with Gasteiger partial charge in [0.2, 0.25) is 5.91 Å². The Hall–Kier alpha value is -4.26. The molecule has 0 aliphatic heterocycles. The van der Waals surface area contributed by atoms with Gasteiger partial charge in [0.25, 0.3) is 11.5 Å². The minimum Gasteiger partial charge on any atom is -0.349 e. The van der Waals surface area contributed by atoms with Crippen LogP contribution in [-0.2, 0) is 24.2 Å². The topological polar surface area (TPSA) is 93.1 Å². The van der Waals surface area contributed by atoms with Crippen LogP contribution in [0, 0.1) is 0 Å². The van der Waals surface area contributed by atoms with Crippen LogP contribution in [-0.4, -0.2) is 27.4 Å². The number of rotatable bonds is 9. The van der Waals surface area contributed by atoms with Gasteiger partial charge in [0, 0.05) is 36.7 Å². The van der Waals surface area contributed by atoms with Gasteiger partial charge >= 0.3 is 0 Å². The summed E-state index contributed by atoms with van der Waals surface area (Å²) in [5, 5.41) is 5.79. The summed E-state index contributed by atoms with van der Waals surface area (Å²) in [6, 6.07) is 24.8. The number of nitrogens with zero attached hydrogens (tertiary/aromatic N) is 2. The number of aromatic nitrogens is 2. The molecular formula is C29H28N4O3. The van der Waals surface area contributed by atoms with Crippen LogP contribution in [0.2, 0.25) is 0 Å². The van der Waals surface area contributed by atoms with E-state index in [9.17, 15) is 14.4 Å². The van der Waals surface area contributed by atoms with E-state index in [2.05, 4.69) is 15.6 Å². The maximum Gasteiger partial charge on any atom is 0.272 e. The Labute approximate surface area is 209 Å². The van der Waals surface area contributed by atoms with Crippen molar-refractivity contribution in [1.82, 2.24) is 14.9 Å². The molecule has 1 fully saturated rings. The summed E-state index contributed by atoms with van der Waals surface area (Å²) in [5.41, 5.74) is 3.93. The standard InChI is InChI=1S/C29H28N4O3/c34-27(30-23-10-6-9-21(19-23)28(35)31-22-13-14-22)16-15-25-29(36)33(18-17-20-7-2-1-3-8-20)26-12-5-4-11-24(26)32-25/h1-12,19,22H,13-18H2,(H,30,34)(H,31,35). The number of benzene rings is 3. The van der Waals surface area contributed by atoms with Gasteiger partial charge in [-0.3, -0.25) is 14.4 Å². The first-order valence-corrected chi connectivity index (χ1v) is 12.3. The van der Waals surface area contributed by atoms with Crippen LogP contribution >= 0.6 is 0 Å². The number of hydrogen-bond acceptors (Lipinski definition) is 4. The van der Waals surface area contributed by atoms with Gasteiger partial charge in [-0.25, -0.2) is 4.98 Å². The fourth-order valence-electron chi connectivity index (χ4n) is 4.21. The van der Waals surface area contributed by atoms with Crippen LogP contribution in [0.3, 0.4) is 0 Å². The Morgan fingerprint density at radius 3 is 2.50 bits per heavy atom. The molecule has 1 heterocycles. The number of hydrogen-bond donors (Lipinski definition) is 2. The lowest BCUT2D eigenvalue weighted by Gasteiger charge is -2.13. The van der Waals surface area contributed by atoms with Crippen molar-refractivity contribution in [2.75, 3.05) is 5.32 Å². The van der Waals surface area contributed by atoms with Gasteiger partial charge < -0.3 is 15.2 Å². The van der Waals surface area contributed by atoms with Crippen LogP contribution in [0.15, 0.2) is 83.7 Å². The predicted octanol–water partition coefficient (Wildman–Crippen LogP) is 4.10. The first-order chi connectivity index (χ1) is 17.6. The summed E-state index contributed by atoms with van der Waals surface area (Å²) in [6.45, 7) is 0.529. The molecule has 1 saturated carbocycles. The van der Waals surface area contributed by atoms with Gasteiger partial charge in [-0.1, -0.05) is 48.5 Å². The lowest BCUT2D eigenvalue weighted by molar-refractivity contribution is -0.116. The van der Waals surface area contributed by atoms with E-state index in [0.29, 0.717) is 23.5 Å². The van der Waals surface area contributed by atoms with Crippen LogP contribution in [0.1, 0.15) is 40.9 Å². The van der Waals surface area contributed by atoms with Crippen LogP contribution in [0.25, 0.3) is 11.0 Å². The lowest BCUT2D eigenvalue weighted by atomic mass is 10.1. The maximum atomic E-state index is 13.3. The molecule has 0 bridgehead atoms. The molecule has 5 rings (SSSR count). The SMILES string of the molecule is O=C(CCc1nc2ccccc2n(CCc2ccccc2)c1=O)Nc1cccc(C(=O)NC2CC2)c1. The normalized spacial score (nSPS) is 12.9. The van der Waals surface area contributed by atoms with E-state index in [-0.39, 0.29) is 36.3 Å². The van der Waals surface area contributed by atoms with Gasteiger partial charge in [0.1, 0.15) is 5.69 Å². The highest BCUT2D eigenvalue weighted by atomic mass is 16.2. The zero-order chi connectivity index (χ0) is 24.9. The number of fused-ring (bicyclic) bond motifs is 1. The van der Waals surface area contributed by atoms with E-state index in [4.69, 9.17) is 0 Å². The molecule has 1 aromatic heterocycles. The van der Waals surface area contributed by atoms with Crippen LogP contribution in [0.5, 0.6) is 0 Å². The highest BCUT2D eigenvalue weighted by Gasteiger charge is 2.23. The highest BCUT2D eigenvalue weighted by Crippen LogP contribution is 2.20. The molecule has 182 valence electrons. The molecule has 2 amide bonds. The van der Waals surface area contributed by atoms with E-state index >= 15 is 0 Å². The molecule has 1 aliphatic rings. The van der Waals surface area contributed by atoms with Crippen molar-refractivity contribution in [2.45, 2.75) is 44.7 Å². The lowest BCUT2D eigenvalue weighted by Crippen LogP contribution is -2.27. The Kier molecular flexibility index (Phi) is 6.89. The number of anilines is 1. The quantitative estimate of drug-likeness (QED) is 0.377. The first-order valence-electron chi connectivity index (χ1n) is 12.3. The van der Waals surface area contributed by atoms with E-state index in [1.54, 1.807) is 28.8 Å². The van der Waals surface area contributed by atoms with Crippen LogP contribution in [0.4, 0.5) is 5.69 Å². The van der Waals surface area contributed by atoms with Gasteiger partial charge in [-0.05, 0) is 55.2 Å². The first kappa shape index (κ1) is 23.5. The second kappa shape index (κ2) is 10.6. The molecule has 7 nitrogen and oxygen atoms in total. The number of carbonyl (C=O) groups is 2. The number of nitrogens with one attached hydrogen (secondary N) is 2. The average Bonchev–Trinajstić information content (AvgIpc) is 3.72. The van der Waals surface area contributed by atoms with Crippen molar-refractivity contribution in [2.24, 2.45) is 0 Å². The minimum atomic E-state index is -0.236. The van der Waals surface area contributed by atoms with Gasteiger partial charge in [0.15, 0.2) is 0 Å². The molecule has 1 aliphatic carbocycles. The summed E-state index contributed by atoms with van der Waals surface area (Å²) < 4.78 is 1.75. The molecule has 0 atom stereocenters. The number of amides is 2. The second-order valence-electron chi connectivity index (χ2n) is 9.12. The van der Waals surface area contributed by atoms with Crippen molar-refractivity contribution >= 4 is 28.5 Å². The smallest absolute Gasteiger partial charge is 0.272 e. The average molecular weight is 481 g/mol. The fraction of sp³-hybridized carbons (Fsp3) is 0.241. The van der Waals surface area contributed by atoms with Gasteiger partial charge in [-0.2, -0.15) is 0 Å². The van der Waals surface area contributed by atoms with Crippen molar-refractivity contribution in [1.29, 1.82) is 0 Å². The molecular weight excluding hydrogens is 452 g/mol. The summed E-state index contributed by atoms with van der Waals surface area (Å²) in [5.74, 6) is -0.370. The zero-order valence-corrected chi connectivity index (χ0v) is 19.9. The van der Waals surface area contributed by atoms with Crippen molar-refractivity contribution in [3.8, 4) is 0 Å². The summed E-state index contributed by atoms with van der Waals surface area (Å²) in [7, 11) is 0. The molecule has 0 spiro atoms. The highest BCUT2D eigenvalue weighted by molar-refractivity contribution is 5.97. The summed E-state index contributed by atoms with van der Waals surface area (Å²) in [6.07, 6.45) is 3.08. The predicted molar refractivity (Wildman–Crippen MR) is 140 cm³/mol. The third-order valence-corrected chi connectivity index (χ3v) is 6.30. The molecule has 0 unspecified atom stereocenters. The van der Waals surface area contributed by atoms with Crippen LogP contribution < -0.4 is 16.2 Å².